The largest absolute Gasteiger partial charge is 0.507 e. The molecule has 0 amide bonds. The number of fused-ring (bicyclic) bond motifs is 1. The van der Waals surface area contributed by atoms with Crippen LogP contribution in [-0.4, -0.2) is 61.0 Å². The summed E-state index contributed by atoms with van der Waals surface area (Å²) in [6, 6.07) is 4.96. The molecule has 0 atom stereocenters. The van der Waals surface area contributed by atoms with E-state index in [2.05, 4.69) is 10.1 Å². The first kappa shape index (κ1) is 29.9. The number of ether oxygens (including phenoxy) is 3. The standard InChI is InChI=1S/C29H38FN3O6/c1-7-38-22-13-19-15-33(28(31)24(19)25(30)27(22)39-8-2)16-21(34)17-11-18(14-32-10-9-23(35)37-6)26(36)20(12-17)29(3,4)5/h11-13,31-32,36H,7-10,14-16H2,1-6H3. The molecule has 2 aromatic rings. The van der Waals surface area contributed by atoms with Gasteiger partial charge in [-0.15, -0.1) is 0 Å². The third-order valence-corrected chi connectivity index (χ3v) is 6.47. The number of carbonyl (C=O) groups excluding carboxylic acids is 2. The number of hydrogen-bond acceptors (Lipinski definition) is 8. The lowest BCUT2D eigenvalue weighted by Gasteiger charge is -2.24. The summed E-state index contributed by atoms with van der Waals surface area (Å²) in [5.41, 5.74) is 1.69. The van der Waals surface area contributed by atoms with Gasteiger partial charge in [0.15, 0.2) is 23.1 Å². The molecule has 0 saturated carbocycles. The van der Waals surface area contributed by atoms with Crippen LogP contribution in [0, 0.1) is 11.2 Å². The van der Waals surface area contributed by atoms with Crippen LogP contribution in [0.5, 0.6) is 17.2 Å². The number of nitrogens with zero attached hydrogens (tertiary/aromatic N) is 1. The zero-order valence-corrected chi connectivity index (χ0v) is 23.5. The molecule has 0 fully saturated rings. The van der Waals surface area contributed by atoms with Gasteiger partial charge in [0.25, 0.3) is 0 Å². The van der Waals surface area contributed by atoms with Crippen LogP contribution in [0.1, 0.15) is 73.7 Å². The van der Waals surface area contributed by atoms with Crippen molar-refractivity contribution in [2.45, 2.75) is 59.5 Å². The summed E-state index contributed by atoms with van der Waals surface area (Å²) in [6.07, 6.45) is 0.173. The molecular weight excluding hydrogens is 505 g/mol. The van der Waals surface area contributed by atoms with E-state index >= 15 is 4.39 Å². The average Bonchev–Trinajstić information content (AvgIpc) is 3.18. The minimum absolute atomic E-state index is 0.0336. The fourth-order valence-corrected chi connectivity index (χ4v) is 4.50. The predicted octanol–water partition coefficient (Wildman–Crippen LogP) is 4.30. The number of rotatable bonds is 12. The summed E-state index contributed by atoms with van der Waals surface area (Å²) < 4.78 is 31.1. The van der Waals surface area contributed by atoms with Crippen LogP contribution in [0.2, 0.25) is 0 Å². The number of amidine groups is 1. The van der Waals surface area contributed by atoms with Gasteiger partial charge in [0.05, 0.1) is 38.9 Å². The molecule has 0 spiro atoms. The number of phenols is 1. The fraction of sp³-hybridized carbons (Fsp3) is 0.483. The number of ketones is 1. The predicted molar refractivity (Wildman–Crippen MR) is 145 cm³/mol. The lowest BCUT2D eigenvalue weighted by molar-refractivity contribution is -0.140. The Morgan fingerprint density at radius 3 is 2.46 bits per heavy atom. The fourth-order valence-electron chi connectivity index (χ4n) is 4.50. The van der Waals surface area contributed by atoms with Crippen LogP contribution >= 0.6 is 0 Å². The van der Waals surface area contributed by atoms with E-state index in [-0.39, 0.29) is 73.1 Å². The van der Waals surface area contributed by atoms with Crippen molar-refractivity contribution in [1.29, 1.82) is 5.41 Å². The van der Waals surface area contributed by atoms with E-state index in [4.69, 9.17) is 14.9 Å². The smallest absolute Gasteiger partial charge is 0.306 e. The van der Waals surface area contributed by atoms with E-state index in [0.29, 0.717) is 35.4 Å². The summed E-state index contributed by atoms with van der Waals surface area (Å²) in [5.74, 6) is -1.07. The molecule has 0 saturated heterocycles. The van der Waals surface area contributed by atoms with Gasteiger partial charge in [0, 0.05) is 36.3 Å². The first-order valence-corrected chi connectivity index (χ1v) is 13.0. The summed E-state index contributed by atoms with van der Waals surface area (Å²) in [5, 5.41) is 22.7. The summed E-state index contributed by atoms with van der Waals surface area (Å²) >= 11 is 0. The van der Waals surface area contributed by atoms with Crippen molar-refractivity contribution in [3.05, 3.63) is 51.8 Å². The number of halogens is 1. The Morgan fingerprint density at radius 2 is 1.85 bits per heavy atom. The summed E-state index contributed by atoms with van der Waals surface area (Å²) in [7, 11) is 1.32. The van der Waals surface area contributed by atoms with Crippen molar-refractivity contribution in [3.8, 4) is 17.2 Å². The number of phenolic OH excluding ortho intramolecular Hbond substituents is 1. The molecule has 39 heavy (non-hydrogen) atoms. The van der Waals surface area contributed by atoms with Gasteiger partial charge in [-0.3, -0.25) is 15.0 Å². The minimum atomic E-state index is -0.669. The highest BCUT2D eigenvalue weighted by atomic mass is 19.1. The molecule has 1 heterocycles. The van der Waals surface area contributed by atoms with Crippen molar-refractivity contribution in [1.82, 2.24) is 10.2 Å². The van der Waals surface area contributed by atoms with E-state index in [1.807, 2.05) is 20.8 Å². The Balaban J connectivity index is 1.86. The van der Waals surface area contributed by atoms with Gasteiger partial charge >= 0.3 is 5.97 Å². The Bertz CT molecular complexity index is 1250. The number of nitrogens with one attached hydrogen (secondary N) is 2. The van der Waals surface area contributed by atoms with Crippen LogP contribution in [-0.2, 0) is 28.0 Å². The number of hydrogen-bond donors (Lipinski definition) is 3. The van der Waals surface area contributed by atoms with E-state index < -0.39 is 11.2 Å². The van der Waals surface area contributed by atoms with Crippen molar-refractivity contribution >= 4 is 17.6 Å². The van der Waals surface area contributed by atoms with Gasteiger partial charge in [-0.1, -0.05) is 20.8 Å². The van der Waals surface area contributed by atoms with Gasteiger partial charge in [0.2, 0.25) is 0 Å². The van der Waals surface area contributed by atoms with Gasteiger partial charge < -0.3 is 29.5 Å². The maximum absolute atomic E-state index is 15.4. The molecule has 3 N–H and O–H groups in total. The number of aromatic hydroxyl groups is 1. The van der Waals surface area contributed by atoms with Crippen LogP contribution in [0.3, 0.4) is 0 Å². The zero-order valence-electron chi connectivity index (χ0n) is 23.5. The number of benzene rings is 2. The lowest BCUT2D eigenvalue weighted by atomic mass is 9.83. The third-order valence-electron chi connectivity index (χ3n) is 6.47. The maximum atomic E-state index is 15.4. The third kappa shape index (κ3) is 6.68. The highest BCUT2D eigenvalue weighted by Crippen LogP contribution is 2.39. The second-order valence-electron chi connectivity index (χ2n) is 10.3. The second-order valence-corrected chi connectivity index (χ2v) is 10.3. The Hall–Kier alpha value is -3.66. The Kier molecular flexibility index (Phi) is 9.55. The van der Waals surface area contributed by atoms with Gasteiger partial charge in [0.1, 0.15) is 11.6 Å². The molecule has 212 valence electrons. The first-order chi connectivity index (χ1) is 18.4. The Labute approximate surface area is 228 Å². The van der Waals surface area contributed by atoms with Crippen molar-refractivity contribution in [2.75, 3.05) is 33.4 Å². The molecule has 0 bridgehead atoms. The summed E-state index contributed by atoms with van der Waals surface area (Å²) in [6.45, 7) is 10.5. The molecule has 1 aliphatic rings. The van der Waals surface area contributed by atoms with E-state index in [9.17, 15) is 14.7 Å². The second kappa shape index (κ2) is 12.5. The van der Waals surface area contributed by atoms with Crippen molar-refractivity contribution in [3.63, 3.8) is 0 Å². The van der Waals surface area contributed by atoms with E-state index in [1.165, 1.54) is 12.0 Å². The van der Waals surface area contributed by atoms with Crippen molar-refractivity contribution in [2.24, 2.45) is 0 Å². The van der Waals surface area contributed by atoms with Gasteiger partial charge in [-0.2, -0.15) is 0 Å². The Morgan fingerprint density at radius 1 is 1.15 bits per heavy atom. The molecule has 2 aromatic carbocycles. The SMILES string of the molecule is CCOc1cc2c(c(F)c1OCC)C(=N)N(CC(=O)c1cc(CNCCC(=O)OC)c(O)c(C(C)(C)C)c1)C2. The number of carbonyl (C=O) groups is 2. The zero-order chi connectivity index (χ0) is 28.9. The van der Waals surface area contributed by atoms with Gasteiger partial charge in [-0.25, -0.2) is 4.39 Å². The molecule has 0 aromatic heterocycles. The normalized spacial score (nSPS) is 12.9. The molecule has 10 heteroatoms. The minimum Gasteiger partial charge on any atom is -0.507 e. The van der Waals surface area contributed by atoms with Crippen LogP contribution in [0.4, 0.5) is 4.39 Å². The number of esters is 1. The topological polar surface area (TPSA) is 121 Å². The van der Waals surface area contributed by atoms with Crippen molar-refractivity contribution < 1.29 is 33.3 Å². The number of Topliss-reactive ketones (excluding diaryl/α,β-unsaturated/α-hetero) is 1. The molecule has 3 rings (SSSR count). The van der Waals surface area contributed by atoms with E-state index in [0.717, 1.165) is 0 Å². The monoisotopic (exact) mass is 543 g/mol. The number of methoxy groups -OCH3 is 1. The van der Waals surface area contributed by atoms with Crippen LogP contribution in [0.25, 0.3) is 0 Å². The molecule has 9 nitrogen and oxygen atoms in total. The average molecular weight is 544 g/mol. The van der Waals surface area contributed by atoms with E-state index in [1.54, 1.807) is 32.0 Å². The quantitative estimate of drug-likeness (QED) is 0.206. The first-order valence-electron chi connectivity index (χ1n) is 13.0. The molecule has 1 aliphatic heterocycles. The molecule has 0 aliphatic carbocycles. The van der Waals surface area contributed by atoms with Gasteiger partial charge in [-0.05, 0) is 43.0 Å². The van der Waals surface area contributed by atoms with Crippen LogP contribution in [0.15, 0.2) is 18.2 Å². The molecule has 0 unspecified atom stereocenters. The lowest BCUT2D eigenvalue weighted by Crippen LogP contribution is -2.31. The molecule has 0 radical (unpaired) electrons. The highest BCUT2D eigenvalue weighted by Gasteiger charge is 2.33. The highest BCUT2D eigenvalue weighted by molar-refractivity contribution is 6.06. The van der Waals surface area contributed by atoms with Crippen LogP contribution < -0.4 is 14.8 Å². The molecular formula is C29H38FN3O6. The summed E-state index contributed by atoms with van der Waals surface area (Å²) in [4.78, 5) is 26.4. The maximum Gasteiger partial charge on any atom is 0.306 e.